The Balaban J connectivity index is 2.57. The van der Waals surface area contributed by atoms with Gasteiger partial charge in [0.15, 0.2) is 0 Å². The van der Waals surface area contributed by atoms with Gasteiger partial charge < -0.3 is 0 Å². The Labute approximate surface area is 81.2 Å². The Morgan fingerprint density at radius 2 is 2.14 bits per heavy atom. The minimum Gasteiger partial charge on any atom is -0.275 e. The van der Waals surface area contributed by atoms with Crippen molar-refractivity contribution in [3.8, 4) is 11.4 Å². The van der Waals surface area contributed by atoms with Gasteiger partial charge in [0.05, 0.1) is 5.69 Å². The molecule has 0 aliphatic rings. The Morgan fingerprint density at radius 3 is 2.79 bits per heavy atom. The number of nitrogens with zero attached hydrogens (tertiary/aromatic N) is 3. The summed E-state index contributed by atoms with van der Waals surface area (Å²) in [6.07, 6.45) is 3.26. The Bertz CT molecular complexity index is 462. The zero-order chi connectivity index (χ0) is 10.1. The molecule has 2 aromatic rings. The molecule has 0 spiro atoms. The fraction of sp³-hybridized carbons (Fsp3) is 0.200. The van der Waals surface area contributed by atoms with Crippen LogP contribution >= 0.6 is 0 Å². The first kappa shape index (κ1) is 8.87. The van der Waals surface area contributed by atoms with Gasteiger partial charge in [-0.15, -0.1) is 0 Å². The van der Waals surface area contributed by atoms with Crippen LogP contribution in [-0.2, 0) is 7.05 Å². The minimum absolute atomic E-state index is 0.249. The summed E-state index contributed by atoms with van der Waals surface area (Å²) in [4.78, 5) is 4.11. The Hall–Kier alpha value is -1.71. The summed E-state index contributed by atoms with van der Waals surface area (Å²) in [5, 5.41) is 4.17. The van der Waals surface area contributed by atoms with Crippen molar-refractivity contribution in [3.05, 3.63) is 35.9 Å². The number of aryl methyl sites for hydroxylation is 1. The van der Waals surface area contributed by atoms with Gasteiger partial charge in [0, 0.05) is 25.0 Å². The molecular weight excluding hydrogens is 181 g/mol. The van der Waals surface area contributed by atoms with Crippen LogP contribution in [0.2, 0.25) is 0 Å². The minimum atomic E-state index is -0.249. The van der Waals surface area contributed by atoms with Gasteiger partial charge in [0.25, 0.3) is 0 Å². The molecule has 2 rings (SSSR count). The van der Waals surface area contributed by atoms with Crippen molar-refractivity contribution in [2.75, 3.05) is 0 Å². The normalized spacial score (nSPS) is 10.5. The molecule has 72 valence electrons. The lowest BCUT2D eigenvalue weighted by atomic mass is 10.1. The third-order valence-electron chi connectivity index (χ3n) is 2.09. The monoisotopic (exact) mass is 191 g/mol. The van der Waals surface area contributed by atoms with Gasteiger partial charge in [0.1, 0.15) is 11.5 Å². The smallest absolute Gasteiger partial charge is 0.129 e. The maximum Gasteiger partial charge on any atom is 0.129 e. The number of hydrogen-bond donors (Lipinski definition) is 0. The van der Waals surface area contributed by atoms with E-state index in [4.69, 9.17) is 0 Å². The molecule has 0 atom stereocenters. The number of pyridine rings is 1. The first-order valence-corrected chi connectivity index (χ1v) is 4.29. The van der Waals surface area contributed by atoms with Gasteiger partial charge >= 0.3 is 0 Å². The molecule has 0 N–H and O–H groups in total. The van der Waals surface area contributed by atoms with E-state index < -0.39 is 0 Å². The van der Waals surface area contributed by atoms with Crippen molar-refractivity contribution < 1.29 is 4.39 Å². The fourth-order valence-corrected chi connectivity index (χ4v) is 1.31. The van der Waals surface area contributed by atoms with Gasteiger partial charge in [-0.2, -0.15) is 5.10 Å². The topological polar surface area (TPSA) is 30.7 Å². The second-order valence-electron chi connectivity index (χ2n) is 3.14. The largest absolute Gasteiger partial charge is 0.275 e. The summed E-state index contributed by atoms with van der Waals surface area (Å²) in [5.74, 6) is -0.249. The molecule has 0 aliphatic heterocycles. The summed E-state index contributed by atoms with van der Waals surface area (Å²) in [6, 6.07) is 3.16. The highest BCUT2D eigenvalue weighted by Gasteiger charge is 2.09. The van der Waals surface area contributed by atoms with E-state index in [9.17, 15) is 4.39 Å². The van der Waals surface area contributed by atoms with Crippen LogP contribution < -0.4 is 0 Å². The molecule has 0 saturated heterocycles. The van der Waals surface area contributed by atoms with Crippen molar-refractivity contribution >= 4 is 0 Å². The van der Waals surface area contributed by atoms with E-state index in [1.54, 1.807) is 17.8 Å². The number of halogens is 1. The summed E-state index contributed by atoms with van der Waals surface area (Å²) < 4.78 is 14.9. The molecule has 0 bridgehead atoms. The lowest BCUT2D eigenvalue weighted by Gasteiger charge is -2.01. The summed E-state index contributed by atoms with van der Waals surface area (Å²) in [6.45, 7) is 1.70. The first-order valence-electron chi connectivity index (χ1n) is 4.29. The molecule has 3 nitrogen and oxygen atoms in total. The highest BCUT2D eigenvalue weighted by Crippen LogP contribution is 2.19. The average Bonchev–Trinajstić information content (AvgIpc) is 2.57. The Morgan fingerprint density at radius 1 is 1.36 bits per heavy atom. The van der Waals surface area contributed by atoms with E-state index in [0.717, 1.165) is 0 Å². The Kier molecular flexibility index (Phi) is 2.04. The molecule has 0 aromatic carbocycles. The van der Waals surface area contributed by atoms with Gasteiger partial charge in [-0.05, 0) is 19.1 Å². The molecule has 0 fully saturated rings. The van der Waals surface area contributed by atoms with Crippen LogP contribution in [0.5, 0.6) is 0 Å². The molecule has 2 aromatic heterocycles. The van der Waals surface area contributed by atoms with Gasteiger partial charge in [-0.25, -0.2) is 4.39 Å². The van der Waals surface area contributed by atoms with Crippen molar-refractivity contribution in [3.63, 3.8) is 0 Å². The third kappa shape index (κ3) is 1.39. The van der Waals surface area contributed by atoms with Crippen molar-refractivity contribution in [1.82, 2.24) is 14.8 Å². The molecule has 14 heavy (non-hydrogen) atoms. The van der Waals surface area contributed by atoms with Crippen LogP contribution in [0.25, 0.3) is 11.4 Å². The van der Waals surface area contributed by atoms with E-state index in [2.05, 4.69) is 10.1 Å². The van der Waals surface area contributed by atoms with Crippen molar-refractivity contribution in [1.29, 1.82) is 0 Å². The summed E-state index contributed by atoms with van der Waals surface area (Å²) >= 11 is 0. The molecule has 4 heteroatoms. The van der Waals surface area contributed by atoms with Crippen molar-refractivity contribution in [2.45, 2.75) is 6.92 Å². The van der Waals surface area contributed by atoms with E-state index in [1.165, 1.54) is 12.3 Å². The third-order valence-corrected chi connectivity index (χ3v) is 2.09. The van der Waals surface area contributed by atoms with Gasteiger partial charge in [0.2, 0.25) is 0 Å². The molecular formula is C10H10FN3. The molecule has 0 aliphatic carbocycles. The van der Waals surface area contributed by atoms with Crippen LogP contribution in [0, 0.1) is 12.7 Å². The quantitative estimate of drug-likeness (QED) is 0.689. The fourth-order valence-electron chi connectivity index (χ4n) is 1.31. The molecule has 0 amide bonds. The molecule has 0 saturated carbocycles. The zero-order valence-electron chi connectivity index (χ0n) is 8.03. The maximum atomic E-state index is 13.2. The second-order valence-corrected chi connectivity index (χ2v) is 3.14. The summed E-state index contributed by atoms with van der Waals surface area (Å²) in [5.41, 5.74) is 1.83. The maximum absolute atomic E-state index is 13.2. The molecule has 0 radical (unpaired) electrons. The van der Waals surface area contributed by atoms with E-state index >= 15 is 0 Å². The average molecular weight is 191 g/mol. The van der Waals surface area contributed by atoms with Gasteiger partial charge in [-0.1, -0.05) is 0 Å². The van der Waals surface area contributed by atoms with Crippen LogP contribution in [0.15, 0.2) is 24.5 Å². The van der Waals surface area contributed by atoms with Crippen molar-refractivity contribution in [2.24, 2.45) is 7.05 Å². The van der Waals surface area contributed by atoms with E-state index in [1.807, 2.05) is 13.1 Å². The second kappa shape index (κ2) is 3.21. The van der Waals surface area contributed by atoms with Crippen LogP contribution in [0.4, 0.5) is 4.39 Å². The summed E-state index contributed by atoms with van der Waals surface area (Å²) in [7, 11) is 1.82. The first-order chi connectivity index (χ1) is 6.68. The number of hydrogen-bond acceptors (Lipinski definition) is 2. The zero-order valence-corrected chi connectivity index (χ0v) is 8.03. The lowest BCUT2D eigenvalue weighted by molar-refractivity contribution is 0.616. The van der Waals surface area contributed by atoms with Crippen LogP contribution in [0.3, 0.4) is 0 Å². The number of aromatic nitrogens is 3. The highest BCUT2D eigenvalue weighted by molar-refractivity contribution is 5.57. The molecule has 2 heterocycles. The lowest BCUT2D eigenvalue weighted by Crippen LogP contribution is -1.94. The SMILES string of the molecule is Cc1c(F)ccnc1-c1ccn(C)n1. The predicted octanol–water partition coefficient (Wildman–Crippen LogP) is 1.93. The van der Waals surface area contributed by atoms with E-state index in [-0.39, 0.29) is 5.82 Å². The van der Waals surface area contributed by atoms with Gasteiger partial charge in [-0.3, -0.25) is 9.67 Å². The highest BCUT2D eigenvalue weighted by atomic mass is 19.1. The standard InChI is InChI=1S/C10H10FN3/c1-7-8(11)3-5-12-10(7)9-4-6-14(2)13-9/h3-6H,1-2H3. The number of rotatable bonds is 1. The molecule has 0 unspecified atom stereocenters. The van der Waals surface area contributed by atoms with E-state index in [0.29, 0.717) is 17.0 Å². The predicted molar refractivity (Wildman–Crippen MR) is 51.1 cm³/mol. The van der Waals surface area contributed by atoms with Crippen LogP contribution in [0.1, 0.15) is 5.56 Å². The van der Waals surface area contributed by atoms with Crippen LogP contribution in [-0.4, -0.2) is 14.8 Å².